The third-order valence-electron chi connectivity index (χ3n) is 1.79. The Hall–Kier alpha value is 0.270. The van der Waals surface area contributed by atoms with E-state index in [0.29, 0.717) is 0 Å². The van der Waals surface area contributed by atoms with Gasteiger partial charge in [-0.25, -0.2) is 0 Å². The molecule has 2 nitrogen and oxygen atoms in total. The van der Waals surface area contributed by atoms with Crippen LogP contribution in [-0.4, -0.2) is 18.8 Å². The van der Waals surface area contributed by atoms with E-state index < -0.39 is 0 Å². The van der Waals surface area contributed by atoms with Crippen molar-refractivity contribution >= 4 is 11.9 Å². The van der Waals surface area contributed by atoms with Crippen LogP contribution in [0.4, 0.5) is 0 Å². The van der Waals surface area contributed by atoms with Crippen LogP contribution in [0.1, 0.15) is 12.8 Å². The van der Waals surface area contributed by atoms with E-state index in [0.717, 1.165) is 11.7 Å². The third-order valence-corrected chi connectivity index (χ3v) is 2.45. The van der Waals surface area contributed by atoms with Crippen molar-refractivity contribution in [1.29, 1.82) is 0 Å². The Balaban J connectivity index is 2.08. The SMILES string of the molecule is NSCC1CCNCC1. The molecule has 9 heavy (non-hydrogen) atoms. The normalized spacial score (nSPS) is 22.3. The van der Waals surface area contributed by atoms with Gasteiger partial charge in [-0.3, -0.25) is 5.14 Å². The van der Waals surface area contributed by atoms with Gasteiger partial charge < -0.3 is 5.32 Å². The summed E-state index contributed by atoms with van der Waals surface area (Å²) in [6.45, 7) is 2.37. The van der Waals surface area contributed by atoms with Gasteiger partial charge in [-0.2, -0.15) is 0 Å². The molecule has 1 aliphatic rings. The van der Waals surface area contributed by atoms with Crippen molar-refractivity contribution < 1.29 is 0 Å². The monoisotopic (exact) mass is 146 g/mol. The first-order valence-corrected chi connectivity index (χ1v) is 4.50. The molecular formula is C6H14N2S. The Morgan fingerprint density at radius 1 is 1.44 bits per heavy atom. The summed E-state index contributed by atoms with van der Waals surface area (Å²) in [6, 6.07) is 0. The zero-order chi connectivity index (χ0) is 6.53. The number of rotatable bonds is 2. The van der Waals surface area contributed by atoms with Gasteiger partial charge in [0.15, 0.2) is 0 Å². The molecule has 54 valence electrons. The van der Waals surface area contributed by atoms with Gasteiger partial charge in [0.05, 0.1) is 0 Å². The summed E-state index contributed by atoms with van der Waals surface area (Å²) in [5, 5.41) is 8.68. The van der Waals surface area contributed by atoms with Crippen molar-refractivity contribution in [3.05, 3.63) is 0 Å². The zero-order valence-electron chi connectivity index (χ0n) is 5.60. The summed E-state index contributed by atoms with van der Waals surface area (Å²) in [5.74, 6) is 2.02. The average Bonchev–Trinajstić information content (AvgIpc) is 1.91. The number of hydrogen-bond donors (Lipinski definition) is 2. The second kappa shape index (κ2) is 4.14. The molecule has 1 aliphatic heterocycles. The Bertz CT molecular complexity index is 68.7. The second-order valence-corrected chi connectivity index (χ2v) is 3.19. The molecule has 0 unspecified atom stereocenters. The first-order chi connectivity index (χ1) is 4.43. The van der Waals surface area contributed by atoms with Crippen LogP contribution in [0.3, 0.4) is 0 Å². The van der Waals surface area contributed by atoms with Crippen LogP contribution in [-0.2, 0) is 0 Å². The first-order valence-electron chi connectivity index (χ1n) is 3.46. The molecular weight excluding hydrogens is 132 g/mol. The number of hydrogen-bond acceptors (Lipinski definition) is 3. The summed E-state index contributed by atoms with van der Waals surface area (Å²) in [4.78, 5) is 0. The molecule has 0 bridgehead atoms. The van der Waals surface area contributed by atoms with Crippen molar-refractivity contribution in [2.24, 2.45) is 11.1 Å². The number of piperidine rings is 1. The molecule has 0 radical (unpaired) electrons. The van der Waals surface area contributed by atoms with Crippen LogP contribution in [0.25, 0.3) is 0 Å². The maximum absolute atomic E-state index is 5.36. The quantitative estimate of drug-likeness (QED) is 0.560. The Morgan fingerprint density at radius 2 is 2.11 bits per heavy atom. The van der Waals surface area contributed by atoms with Crippen LogP contribution >= 0.6 is 11.9 Å². The van der Waals surface area contributed by atoms with Crippen molar-refractivity contribution in [1.82, 2.24) is 5.32 Å². The van der Waals surface area contributed by atoms with Crippen molar-refractivity contribution in [2.45, 2.75) is 12.8 Å². The predicted octanol–water partition coefficient (Wildman–Crippen LogP) is 0.593. The molecule has 0 atom stereocenters. The lowest BCUT2D eigenvalue weighted by molar-refractivity contribution is 0.408. The lowest BCUT2D eigenvalue weighted by atomic mass is 10.0. The summed E-state index contributed by atoms with van der Waals surface area (Å²) in [6.07, 6.45) is 2.62. The molecule has 1 heterocycles. The summed E-state index contributed by atoms with van der Waals surface area (Å²) < 4.78 is 0. The van der Waals surface area contributed by atoms with Gasteiger partial charge in [0.25, 0.3) is 0 Å². The molecule has 3 N–H and O–H groups in total. The number of nitrogens with two attached hydrogens (primary N) is 1. The molecule has 1 saturated heterocycles. The molecule has 0 aliphatic carbocycles. The molecule has 1 fully saturated rings. The minimum Gasteiger partial charge on any atom is -0.317 e. The summed E-state index contributed by atoms with van der Waals surface area (Å²) in [5.41, 5.74) is 0. The van der Waals surface area contributed by atoms with Gasteiger partial charge in [-0.05, 0) is 31.8 Å². The fraction of sp³-hybridized carbons (Fsp3) is 1.00. The highest BCUT2D eigenvalue weighted by Gasteiger charge is 2.11. The van der Waals surface area contributed by atoms with Crippen molar-refractivity contribution in [3.8, 4) is 0 Å². The van der Waals surface area contributed by atoms with E-state index in [1.54, 1.807) is 0 Å². The minimum absolute atomic E-state index is 0.876. The maximum atomic E-state index is 5.36. The topological polar surface area (TPSA) is 38.0 Å². The molecule has 0 aromatic rings. The Kier molecular flexibility index (Phi) is 3.40. The number of nitrogens with one attached hydrogen (secondary N) is 1. The Morgan fingerprint density at radius 3 is 2.67 bits per heavy atom. The van der Waals surface area contributed by atoms with E-state index in [9.17, 15) is 0 Å². The molecule has 0 aromatic carbocycles. The lowest BCUT2D eigenvalue weighted by Crippen LogP contribution is -2.28. The minimum atomic E-state index is 0.876. The molecule has 0 aromatic heterocycles. The molecule has 0 amide bonds. The summed E-state index contributed by atoms with van der Waals surface area (Å²) >= 11 is 1.48. The lowest BCUT2D eigenvalue weighted by Gasteiger charge is -2.20. The van der Waals surface area contributed by atoms with Crippen LogP contribution < -0.4 is 10.5 Å². The first kappa shape index (κ1) is 7.38. The van der Waals surface area contributed by atoms with Crippen LogP contribution in [0.15, 0.2) is 0 Å². The maximum Gasteiger partial charge on any atom is 0.0106 e. The van der Waals surface area contributed by atoms with E-state index in [1.165, 1.54) is 37.9 Å². The predicted molar refractivity (Wildman–Crippen MR) is 42.2 cm³/mol. The smallest absolute Gasteiger partial charge is 0.0106 e. The largest absolute Gasteiger partial charge is 0.317 e. The fourth-order valence-electron chi connectivity index (χ4n) is 1.18. The van der Waals surface area contributed by atoms with Gasteiger partial charge in [0, 0.05) is 5.75 Å². The highest BCUT2D eigenvalue weighted by Crippen LogP contribution is 2.14. The average molecular weight is 146 g/mol. The van der Waals surface area contributed by atoms with Gasteiger partial charge in [-0.15, -0.1) is 0 Å². The molecule has 3 heteroatoms. The fourth-order valence-corrected chi connectivity index (χ4v) is 1.79. The van der Waals surface area contributed by atoms with E-state index in [1.807, 2.05) is 0 Å². The highest BCUT2D eigenvalue weighted by molar-refractivity contribution is 7.97. The zero-order valence-corrected chi connectivity index (χ0v) is 6.41. The molecule has 0 spiro atoms. The van der Waals surface area contributed by atoms with Crippen molar-refractivity contribution in [3.63, 3.8) is 0 Å². The van der Waals surface area contributed by atoms with E-state index in [2.05, 4.69) is 5.32 Å². The molecule has 0 saturated carbocycles. The van der Waals surface area contributed by atoms with Crippen LogP contribution in [0.5, 0.6) is 0 Å². The summed E-state index contributed by atoms with van der Waals surface area (Å²) in [7, 11) is 0. The van der Waals surface area contributed by atoms with E-state index >= 15 is 0 Å². The standard InChI is InChI=1S/C6H14N2S/c7-9-5-6-1-3-8-4-2-6/h6,8H,1-5,7H2. The van der Waals surface area contributed by atoms with Gasteiger partial charge in [0.1, 0.15) is 0 Å². The van der Waals surface area contributed by atoms with E-state index in [-0.39, 0.29) is 0 Å². The molecule has 1 rings (SSSR count). The van der Waals surface area contributed by atoms with Crippen LogP contribution in [0.2, 0.25) is 0 Å². The van der Waals surface area contributed by atoms with Gasteiger partial charge in [-0.1, -0.05) is 11.9 Å². The van der Waals surface area contributed by atoms with Crippen molar-refractivity contribution in [2.75, 3.05) is 18.8 Å². The second-order valence-electron chi connectivity index (χ2n) is 2.53. The van der Waals surface area contributed by atoms with Gasteiger partial charge in [0.2, 0.25) is 0 Å². The van der Waals surface area contributed by atoms with Crippen LogP contribution in [0, 0.1) is 5.92 Å². The third kappa shape index (κ3) is 2.56. The highest BCUT2D eigenvalue weighted by atomic mass is 32.2. The van der Waals surface area contributed by atoms with E-state index in [4.69, 9.17) is 5.14 Å². The van der Waals surface area contributed by atoms with Gasteiger partial charge >= 0.3 is 0 Å². The Labute approximate surface area is 60.7 Å².